The van der Waals surface area contributed by atoms with Crippen molar-refractivity contribution in [1.29, 1.82) is 0 Å². The largest absolute Gasteiger partial charge is 0.492 e. The summed E-state index contributed by atoms with van der Waals surface area (Å²) in [5, 5.41) is 2.86. The summed E-state index contributed by atoms with van der Waals surface area (Å²) in [5.74, 6) is 1.43. The SMILES string of the molecule is CCCN(CC)c1ccc(C(=O)Nc2ccc(OCCN)cc2)cn1. The van der Waals surface area contributed by atoms with Crippen molar-refractivity contribution < 1.29 is 9.53 Å². The molecule has 0 saturated carbocycles. The Bertz CT molecular complexity index is 656. The van der Waals surface area contributed by atoms with Gasteiger partial charge < -0.3 is 20.7 Å². The predicted octanol–water partition coefficient (Wildman–Crippen LogP) is 2.91. The maximum absolute atomic E-state index is 12.3. The summed E-state index contributed by atoms with van der Waals surface area (Å²) in [5.41, 5.74) is 6.63. The van der Waals surface area contributed by atoms with E-state index >= 15 is 0 Å². The molecule has 0 aliphatic rings. The molecule has 0 saturated heterocycles. The molecule has 2 aromatic rings. The fraction of sp³-hybridized carbons (Fsp3) is 0.368. The molecule has 0 atom stereocenters. The van der Waals surface area contributed by atoms with Crippen molar-refractivity contribution in [3.63, 3.8) is 0 Å². The molecule has 0 spiro atoms. The highest BCUT2D eigenvalue weighted by Crippen LogP contribution is 2.17. The quantitative estimate of drug-likeness (QED) is 0.732. The van der Waals surface area contributed by atoms with Crippen LogP contribution in [0.2, 0.25) is 0 Å². The fourth-order valence-corrected chi connectivity index (χ4v) is 2.43. The molecular formula is C19H26N4O2. The summed E-state index contributed by atoms with van der Waals surface area (Å²) in [7, 11) is 0. The fourth-order valence-electron chi connectivity index (χ4n) is 2.43. The Kier molecular flexibility index (Phi) is 7.22. The highest BCUT2D eigenvalue weighted by molar-refractivity contribution is 6.04. The minimum atomic E-state index is -0.187. The van der Waals surface area contributed by atoms with E-state index < -0.39 is 0 Å². The zero-order valence-corrected chi connectivity index (χ0v) is 14.9. The predicted molar refractivity (Wildman–Crippen MR) is 101 cm³/mol. The van der Waals surface area contributed by atoms with Crippen molar-refractivity contribution >= 4 is 17.4 Å². The van der Waals surface area contributed by atoms with Crippen molar-refractivity contribution in [3.8, 4) is 5.75 Å². The lowest BCUT2D eigenvalue weighted by atomic mass is 10.2. The van der Waals surface area contributed by atoms with E-state index in [9.17, 15) is 4.79 Å². The number of ether oxygens (including phenoxy) is 1. The Morgan fingerprint density at radius 1 is 1.20 bits per heavy atom. The smallest absolute Gasteiger partial charge is 0.257 e. The molecule has 0 aliphatic heterocycles. The Morgan fingerprint density at radius 2 is 1.96 bits per heavy atom. The van der Waals surface area contributed by atoms with Gasteiger partial charge in [-0.3, -0.25) is 4.79 Å². The van der Waals surface area contributed by atoms with Gasteiger partial charge in [-0.05, 0) is 49.7 Å². The molecule has 134 valence electrons. The first-order valence-corrected chi connectivity index (χ1v) is 8.63. The highest BCUT2D eigenvalue weighted by atomic mass is 16.5. The number of nitrogens with two attached hydrogens (primary N) is 1. The number of anilines is 2. The van der Waals surface area contributed by atoms with Gasteiger partial charge in [0, 0.05) is 31.5 Å². The third kappa shape index (κ3) is 5.46. The van der Waals surface area contributed by atoms with Crippen LogP contribution in [0.3, 0.4) is 0 Å². The van der Waals surface area contributed by atoms with Crippen LogP contribution in [-0.4, -0.2) is 37.1 Å². The molecule has 6 heteroatoms. The van der Waals surface area contributed by atoms with Gasteiger partial charge in [-0.15, -0.1) is 0 Å². The van der Waals surface area contributed by atoms with Crippen molar-refractivity contribution in [1.82, 2.24) is 4.98 Å². The van der Waals surface area contributed by atoms with Gasteiger partial charge in [0.15, 0.2) is 0 Å². The number of carbonyl (C=O) groups excluding carboxylic acids is 1. The molecule has 0 unspecified atom stereocenters. The van der Waals surface area contributed by atoms with Crippen molar-refractivity contribution in [2.75, 3.05) is 36.5 Å². The van der Waals surface area contributed by atoms with E-state index in [4.69, 9.17) is 10.5 Å². The number of hydrogen-bond donors (Lipinski definition) is 2. The molecule has 6 nitrogen and oxygen atoms in total. The molecule has 0 fully saturated rings. The van der Waals surface area contributed by atoms with Crippen LogP contribution in [0.4, 0.5) is 11.5 Å². The van der Waals surface area contributed by atoms with Crippen molar-refractivity contribution in [3.05, 3.63) is 48.2 Å². The first-order valence-electron chi connectivity index (χ1n) is 8.63. The standard InChI is InChI=1S/C19H26N4O2/c1-3-12-23(4-2)18-10-5-15(14-21-18)19(24)22-16-6-8-17(9-7-16)25-13-11-20/h5-10,14H,3-4,11-13,20H2,1-2H3,(H,22,24). The second-order valence-corrected chi connectivity index (χ2v) is 5.60. The second-order valence-electron chi connectivity index (χ2n) is 5.60. The number of nitrogens with one attached hydrogen (secondary N) is 1. The number of benzene rings is 1. The first kappa shape index (κ1) is 18.7. The summed E-state index contributed by atoms with van der Waals surface area (Å²) in [6.45, 7) is 7.01. The Balaban J connectivity index is 1.98. The van der Waals surface area contributed by atoms with E-state index in [1.807, 2.05) is 6.07 Å². The van der Waals surface area contributed by atoms with Gasteiger partial charge >= 0.3 is 0 Å². The molecule has 2 rings (SSSR count). The zero-order chi connectivity index (χ0) is 18.1. The molecule has 1 aromatic carbocycles. The number of pyridine rings is 1. The lowest BCUT2D eigenvalue weighted by molar-refractivity contribution is 0.102. The highest BCUT2D eigenvalue weighted by Gasteiger charge is 2.09. The summed E-state index contributed by atoms with van der Waals surface area (Å²) in [6.07, 6.45) is 2.67. The minimum absolute atomic E-state index is 0.187. The van der Waals surface area contributed by atoms with Gasteiger partial charge in [0.25, 0.3) is 5.91 Å². The Hall–Kier alpha value is -2.60. The lowest BCUT2D eigenvalue weighted by Gasteiger charge is -2.21. The average molecular weight is 342 g/mol. The van der Waals surface area contributed by atoms with E-state index in [1.165, 1.54) is 0 Å². The maximum atomic E-state index is 12.3. The molecule has 0 radical (unpaired) electrons. The van der Waals surface area contributed by atoms with Crippen LogP contribution in [-0.2, 0) is 0 Å². The molecule has 0 aliphatic carbocycles. The third-order valence-electron chi connectivity index (χ3n) is 3.71. The normalized spacial score (nSPS) is 10.4. The van der Waals surface area contributed by atoms with E-state index in [2.05, 4.69) is 29.0 Å². The van der Waals surface area contributed by atoms with Crippen LogP contribution in [0.5, 0.6) is 5.75 Å². The summed E-state index contributed by atoms with van der Waals surface area (Å²) in [6, 6.07) is 10.9. The molecular weight excluding hydrogens is 316 g/mol. The van der Waals surface area contributed by atoms with E-state index in [1.54, 1.807) is 36.5 Å². The topological polar surface area (TPSA) is 80.5 Å². The number of nitrogens with zero attached hydrogens (tertiary/aromatic N) is 2. The van der Waals surface area contributed by atoms with Gasteiger partial charge in [-0.1, -0.05) is 6.92 Å². The zero-order valence-electron chi connectivity index (χ0n) is 14.9. The number of rotatable bonds is 9. The number of aromatic nitrogens is 1. The van der Waals surface area contributed by atoms with Gasteiger partial charge in [-0.2, -0.15) is 0 Å². The van der Waals surface area contributed by atoms with Crippen LogP contribution in [0.25, 0.3) is 0 Å². The number of hydrogen-bond acceptors (Lipinski definition) is 5. The maximum Gasteiger partial charge on any atom is 0.257 e. The monoisotopic (exact) mass is 342 g/mol. The second kappa shape index (κ2) is 9.64. The van der Waals surface area contributed by atoms with Gasteiger partial charge in [-0.25, -0.2) is 4.98 Å². The average Bonchev–Trinajstić information content (AvgIpc) is 2.65. The molecule has 1 heterocycles. The Labute approximate surface area is 149 Å². The van der Waals surface area contributed by atoms with Crippen molar-refractivity contribution in [2.45, 2.75) is 20.3 Å². The third-order valence-corrected chi connectivity index (χ3v) is 3.71. The van der Waals surface area contributed by atoms with E-state index in [0.29, 0.717) is 24.4 Å². The van der Waals surface area contributed by atoms with Crippen LogP contribution < -0.4 is 20.7 Å². The van der Waals surface area contributed by atoms with Crippen LogP contribution in [0.1, 0.15) is 30.6 Å². The lowest BCUT2D eigenvalue weighted by Crippen LogP contribution is -2.24. The molecule has 0 bridgehead atoms. The summed E-state index contributed by atoms with van der Waals surface area (Å²) >= 11 is 0. The van der Waals surface area contributed by atoms with Gasteiger partial charge in [0.1, 0.15) is 18.2 Å². The molecule has 1 amide bonds. The van der Waals surface area contributed by atoms with E-state index in [-0.39, 0.29) is 5.91 Å². The van der Waals surface area contributed by atoms with Crippen LogP contribution in [0.15, 0.2) is 42.6 Å². The molecule has 3 N–H and O–H groups in total. The molecule has 25 heavy (non-hydrogen) atoms. The van der Waals surface area contributed by atoms with Crippen LogP contribution >= 0.6 is 0 Å². The van der Waals surface area contributed by atoms with Gasteiger partial charge in [0.2, 0.25) is 0 Å². The molecule has 1 aromatic heterocycles. The number of carbonyl (C=O) groups is 1. The first-order chi connectivity index (χ1) is 12.2. The summed E-state index contributed by atoms with van der Waals surface area (Å²) < 4.78 is 5.41. The minimum Gasteiger partial charge on any atom is -0.492 e. The van der Waals surface area contributed by atoms with Gasteiger partial charge in [0.05, 0.1) is 5.56 Å². The van der Waals surface area contributed by atoms with Crippen molar-refractivity contribution in [2.24, 2.45) is 5.73 Å². The number of amides is 1. The Morgan fingerprint density at radius 3 is 2.52 bits per heavy atom. The van der Waals surface area contributed by atoms with E-state index in [0.717, 1.165) is 31.1 Å². The van der Waals surface area contributed by atoms with Crippen LogP contribution in [0, 0.1) is 0 Å². The summed E-state index contributed by atoms with van der Waals surface area (Å²) in [4.78, 5) is 18.9.